The normalized spacial score (nSPS) is 13.7. The van der Waals surface area contributed by atoms with Gasteiger partial charge in [0.2, 0.25) is 0 Å². The minimum Gasteiger partial charge on any atom is -0.509 e. The third-order valence-electron chi connectivity index (χ3n) is 17.2. The van der Waals surface area contributed by atoms with E-state index in [1.807, 2.05) is 6.20 Å². The first-order chi connectivity index (χ1) is 38.8. The first-order valence-electron chi connectivity index (χ1n) is 29.1. The Balaban J connectivity index is 0.00000769. The smallest absolute Gasteiger partial charge is 0.135 e. The van der Waals surface area contributed by atoms with Gasteiger partial charge in [0.1, 0.15) is 5.82 Å². The summed E-state index contributed by atoms with van der Waals surface area (Å²) in [5.41, 5.74) is 15.4. The zero-order chi connectivity index (χ0) is 58.1. The molecule has 3 heterocycles. The van der Waals surface area contributed by atoms with E-state index in [4.69, 9.17) is 9.72 Å². The van der Waals surface area contributed by atoms with Gasteiger partial charge in [0.15, 0.2) is 0 Å². The van der Waals surface area contributed by atoms with Crippen LogP contribution in [0.15, 0.2) is 212 Å². The zero-order valence-corrected chi connectivity index (χ0v) is 53.4. The van der Waals surface area contributed by atoms with Crippen LogP contribution in [0, 0.1) is 18.8 Å². The molecule has 0 bridgehead atoms. The molecule has 5 nitrogen and oxygen atoms in total. The van der Waals surface area contributed by atoms with Gasteiger partial charge in [-0.3, -0.25) is 0 Å². The predicted octanol–water partition coefficient (Wildman–Crippen LogP) is 20.1. The number of rotatable bonds is 12. The topological polar surface area (TPSA) is 33.5 Å². The van der Waals surface area contributed by atoms with Crippen molar-refractivity contribution in [2.45, 2.75) is 136 Å². The zero-order valence-electron chi connectivity index (χ0n) is 51.1. The van der Waals surface area contributed by atoms with E-state index >= 15 is 0 Å². The Morgan fingerprint density at radius 1 is 0.398 bits per heavy atom. The molecule has 0 saturated heterocycles. The maximum absolute atomic E-state index is 7.21. The number of anilines is 2. The van der Waals surface area contributed by atoms with Crippen LogP contribution in [-0.2, 0) is 53.6 Å². The standard InChI is InChI=1S/C77H79N4O.Pt/c1-72(2,3)57-36-39-67-66(47-57)65-38-37-63(50-68(65)81(67)69-48-58(40-41-78-69)75(10,11)54-30-22-17-23-31-54)82-64-46-60(74(7,8)9)45-62(49-64)80-51-79(61-43-53(52-28-20-16-21-29-52)42-59(44-61)73(4,5)6)70(76(12,13)55-32-24-18-25-33-55)71(80)77(14,15)56-34-26-19-27-35-56;/h16-48,51H,1-15H3;/q-3;. The average molecular weight is 1270 g/mol. The molecule has 6 heteroatoms. The fraction of sp³-hybridized carbons (Fsp3) is 0.273. The summed E-state index contributed by atoms with van der Waals surface area (Å²) in [5.74, 6) is 2.02. The second kappa shape index (κ2) is 21.9. The number of hydrogen-bond acceptors (Lipinski definition) is 4. The van der Waals surface area contributed by atoms with Crippen molar-refractivity contribution in [2.24, 2.45) is 0 Å². The van der Waals surface area contributed by atoms with Gasteiger partial charge in [0.05, 0.1) is 0 Å². The molecular weight excluding hydrogens is 1190 g/mol. The van der Waals surface area contributed by atoms with E-state index in [0.717, 1.165) is 50.3 Å². The molecule has 0 aliphatic carbocycles. The third kappa shape index (κ3) is 11.3. The van der Waals surface area contributed by atoms with Crippen molar-refractivity contribution in [3.05, 3.63) is 269 Å². The SMILES string of the molecule is CC(C)(C)c1cc(Oc2[c-]c3c(cc2)c2cc(C(C)(C)C)ccc2n3-c2cc(C(C)(C)c3ccccc3)ccn2)[c-]c(N2[CH-]N(c3cc(-c4ccccc4)cc(C(C)(C)C)c3)C(C(C)(C)c3ccccc3)=C2C(C)(C)c2ccccc2)c1.[Pt]. The van der Waals surface area contributed by atoms with E-state index in [9.17, 15) is 0 Å². The van der Waals surface area contributed by atoms with Crippen molar-refractivity contribution in [1.82, 2.24) is 9.55 Å². The van der Waals surface area contributed by atoms with Crippen LogP contribution in [0.5, 0.6) is 11.5 Å². The molecule has 0 radical (unpaired) electrons. The summed E-state index contributed by atoms with van der Waals surface area (Å²) in [6.07, 6.45) is 1.94. The van der Waals surface area contributed by atoms with Crippen molar-refractivity contribution in [3.8, 4) is 28.4 Å². The molecule has 83 heavy (non-hydrogen) atoms. The Bertz CT molecular complexity index is 4000. The molecule has 0 saturated carbocycles. The minimum atomic E-state index is -0.523. The fourth-order valence-electron chi connectivity index (χ4n) is 11.9. The molecule has 1 aliphatic rings. The molecule has 0 atom stereocenters. The van der Waals surface area contributed by atoms with Gasteiger partial charge in [-0.2, -0.15) is 6.07 Å². The second-order valence-electron chi connectivity index (χ2n) is 27.2. The first-order valence-corrected chi connectivity index (χ1v) is 29.1. The molecule has 10 aromatic rings. The molecule has 0 amide bonds. The van der Waals surface area contributed by atoms with Crippen molar-refractivity contribution in [2.75, 3.05) is 9.80 Å². The molecule has 0 unspecified atom stereocenters. The molecule has 2 aromatic heterocycles. The van der Waals surface area contributed by atoms with E-state index in [-0.39, 0.29) is 42.7 Å². The minimum absolute atomic E-state index is 0. The van der Waals surface area contributed by atoms with Crippen LogP contribution in [0.4, 0.5) is 11.4 Å². The van der Waals surface area contributed by atoms with Crippen LogP contribution in [0.2, 0.25) is 0 Å². The van der Waals surface area contributed by atoms with Gasteiger partial charge in [-0.25, -0.2) is 4.98 Å². The number of nitrogens with zero attached hydrogens (tertiary/aromatic N) is 4. The van der Waals surface area contributed by atoms with Crippen molar-refractivity contribution < 1.29 is 25.8 Å². The van der Waals surface area contributed by atoms with Crippen LogP contribution in [0.25, 0.3) is 38.8 Å². The quantitative estimate of drug-likeness (QED) is 0.114. The van der Waals surface area contributed by atoms with E-state index in [2.05, 4.69) is 331 Å². The van der Waals surface area contributed by atoms with Crippen LogP contribution < -0.4 is 14.5 Å². The maximum Gasteiger partial charge on any atom is 0.135 e. The predicted molar refractivity (Wildman–Crippen MR) is 345 cm³/mol. The van der Waals surface area contributed by atoms with Crippen LogP contribution in [-0.4, -0.2) is 9.55 Å². The van der Waals surface area contributed by atoms with E-state index < -0.39 is 10.8 Å². The Hall–Kier alpha value is -7.46. The molecule has 0 N–H and O–H groups in total. The van der Waals surface area contributed by atoms with Gasteiger partial charge < -0.3 is 19.1 Å². The van der Waals surface area contributed by atoms with Crippen molar-refractivity contribution in [1.29, 1.82) is 0 Å². The van der Waals surface area contributed by atoms with Crippen LogP contribution in [0.3, 0.4) is 0 Å². The third-order valence-corrected chi connectivity index (χ3v) is 17.2. The molecule has 11 rings (SSSR count). The Morgan fingerprint density at radius 2 is 0.928 bits per heavy atom. The summed E-state index contributed by atoms with van der Waals surface area (Å²) in [6.45, 7) is 37.0. The van der Waals surface area contributed by atoms with Crippen molar-refractivity contribution >= 4 is 33.2 Å². The van der Waals surface area contributed by atoms with E-state index in [1.54, 1.807) is 0 Å². The number of benzene rings is 8. The molecule has 8 aromatic carbocycles. The monoisotopic (exact) mass is 1270 g/mol. The summed E-state index contributed by atoms with van der Waals surface area (Å²) in [6, 6.07) is 78.3. The summed E-state index contributed by atoms with van der Waals surface area (Å²) in [5, 5.41) is 2.23. The number of ether oxygens (including phenoxy) is 1. The van der Waals surface area contributed by atoms with Gasteiger partial charge in [0.25, 0.3) is 0 Å². The molecule has 1 aliphatic heterocycles. The Kier molecular flexibility index (Phi) is 15.5. The Morgan fingerprint density at radius 3 is 1.49 bits per heavy atom. The van der Waals surface area contributed by atoms with Crippen LogP contribution >= 0.6 is 0 Å². The van der Waals surface area contributed by atoms with Gasteiger partial charge in [-0.15, -0.1) is 53.6 Å². The number of allylic oxidation sites excluding steroid dienone is 2. The number of fused-ring (bicyclic) bond motifs is 3. The first kappa shape index (κ1) is 58.7. The summed E-state index contributed by atoms with van der Waals surface area (Å²) in [4.78, 5) is 9.99. The number of hydrogen-bond donors (Lipinski definition) is 0. The fourth-order valence-corrected chi connectivity index (χ4v) is 11.9. The maximum atomic E-state index is 7.21. The largest absolute Gasteiger partial charge is 0.509 e. The Labute approximate surface area is 509 Å². The second-order valence-corrected chi connectivity index (χ2v) is 27.2. The van der Waals surface area contributed by atoms with Gasteiger partial charge in [-0.05, 0) is 96.5 Å². The van der Waals surface area contributed by atoms with E-state index in [0.29, 0.717) is 11.5 Å². The number of pyridine rings is 1. The molecular formula is C77H79N4OPt-3. The van der Waals surface area contributed by atoms with Crippen molar-refractivity contribution in [3.63, 3.8) is 0 Å². The molecule has 0 fully saturated rings. The summed E-state index contributed by atoms with van der Waals surface area (Å²) in [7, 11) is 0. The average Bonchev–Trinajstić information content (AvgIpc) is 1.97. The van der Waals surface area contributed by atoms with Crippen LogP contribution in [0.1, 0.15) is 143 Å². The van der Waals surface area contributed by atoms with E-state index in [1.165, 1.54) is 50.2 Å². The molecule has 426 valence electrons. The molecule has 0 spiro atoms. The van der Waals surface area contributed by atoms with Gasteiger partial charge >= 0.3 is 0 Å². The summed E-state index contributed by atoms with van der Waals surface area (Å²) >= 11 is 0. The van der Waals surface area contributed by atoms with Gasteiger partial charge in [0, 0.05) is 77.6 Å². The van der Waals surface area contributed by atoms with Gasteiger partial charge in [-0.1, -0.05) is 249 Å². The number of aromatic nitrogens is 2. The summed E-state index contributed by atoms with van der Waals surface area (Å²) < 4.78 is 9.47.